The molecule has 0 spiro atoms. The van der Waals surface area contributed by atoms with Gasteiger partial charge in [0, 0.05) is 17.6 Å². The van der Waals surface area contributed by atoms with E-state index in [1.165, 1.54) is 10.6 Å². The highest BCUT2D eigenvalue weighted by Gasteiger charge is 2.09. The van der Waals surface area contributed by atoms with Crippen molar-refractivity contribution in [1.82, 2.24) is 9.55 Å². The van der Waals surface area contributed by atoms with Crippen LogP contribution >= 0.6 is 11.3 Å². The molecule has 0 radical (unpaired) electrons. The van der Waals surface area contributed by atoms with Crippen molar-refractivity contribution in [2.24, 2.45) is 0 Å². The molecule has 0 saturated heterocycles. The van der Waals surface area contributed by atoms with Crippen molar-refractivity contribution in [3.05, 3.63) is 50.3 Å². The second-order valence-electron chi connectivity index (χ2n) is 3.62. The third-order valence-corrected chi connectivity index (χ3v) is 3.10. The normalized spacial score (nSPS) is 10.4. The molecule has 1 N–H and O–H groups in total. The molecule has 5 nitrogen and oxygen atoms in total. The zero-order chi connectivity index (χ0) is 12.4. The number of aromatic carboxylic acids is 1. The van der Waals surface area contributed by atoms with E-state index in [0.29, 0.717) is 12.2 Å². The molecule has 88 valence electrons. The molecular formula is C11H10N2O3S. The van der Waals surface area contributed by atoms with E-state index in [4.69, 9.17) is 5.11 Å². The summed E-state index contributed by atoms with van der Waals surface area (Å²) in [5.41, 5.74) is 1.36. The number of aromatic nitrogens is 2. The van der Waals surface area contributed by atoms with Gasteiger partial charge in [-0.3, -0.25) is 4.79 Å². The lowest BCUT2D eigenvalue weighted by molar-refractivity contribution is 0.0696. The topological polar surface area (TPSA) is 72.2 Å². The van der Waals surface area contributed by atoms with E-state index in [-0.39, 0.29) is 10.6 Å². The first-order valence-electron chi connectivity index (χ1n) is 4.91. The minimum Gasteiger partial charge on any atom is -0.476 e. The van der Waals surface area contributed by atoms with Gasteiger partial charge >= 0.3 is 5.97 Å². The lowest BCUT2D eigenvalue weighted by Crippen LogP contribution is -2.19. The van der Waals surface area contributed by atoms with Crippen molar-refractivity contribution >= 4 is 17.3 Å². The monoisotopic (exact) mass is 250 g/mol. The molecule has 0 unspecified atom stereocenters. The Bertz CT molecular complexity index is 615. The Balaban J connectivity index is 2.25. The maximum Gasteiger partial charge on any atom is 0.365 e. The summed E-state index contributed by atoms with van der Waals surface area (Å²) < 4.78 is 1.49. The number of hydrogen-bond donors (Lipinski definition) is 1. The fourth-order valence-electron chi connectivity index (χ4n) is 1.39. The maximum absolute atomic E-state index is 11.6. The van der Waals surface area contributed by atoms with Crippen molar-refractivity contribution in [3.63, 3.8) is 0 Å². The summed E-state index contributed by atoms with van der Waals surface area (Å²) in [6, 6.07) is 3.36. The molecule has 0 saturated carbocycles. The van der Waals surface area contributed by atoms with Gasteiger partial charge in [-0.1, -0.05) is 0 Å². The van der Waals surface area contributed by atoms with Crippen LogP contribution in [0, 0.1) is 6.92 Å². The van der Waals surface area contributed by atoms with Gasteiger partial charge in [0.1, 0.15) is 0 Å². The van der Waals surface area contributed by atoms with Gasteiger partial charge in [0.05, 0.1) is 12.2 Å². The Kier molecular flexibility index (Phi) is 3.06. The van der Waals surface area contributed by atoms with Gasteiger partial charge < -0.3 is 9.67 Å². The molecule has 17 heavy (non-hydrogen) atoms. The molecule has 0 aliphatic heterocycles. The Morgan fingerprint density at radius 2 is 2.35 bits per heavy atom. The zero-order valence-corrected chi connectivity index (χ0v) is 9.90. The van der Waals surface area contributed by atoms with Gasteiger partial charge in [-0.2, -0.15) is 0 Å². The second-order valence-corrected chi connectivity index (χ2v) is 4.48. The zero-order valence-electron chi connectivity index (χ0n) is 9.08. The first-order valence-corrected chi connectivity index (χ1v) is 5.79. The van der Waals surface area contributed by atoms with Crippen LogP contribution in [0.5, 0.6) is 0 Å². The predicted molar refractivity (Wildman–Crippen MR) is 63.6 cm³/mol. The number of rotatable bonds is 3. The van der Waals surface area contributed by atoms with Crippen LogP contribution < -0.4 is 5.56 Å². The van der Waals surface area contributed by atoms with Crippen molar-refractivity contribution in [2.75, 3.05) is 0 Å². The fourth-order valence-corrected chi connectivity index (χ4v) is 2.04. The van der Waals surface area contributed by atoms with E-state index < -0.39 is 5.97 Å². The van der Waals surface area contributed by atoms with Crippen LogP contribution in [0.1, 0.15) is 21.1 Å². The van der Waals surface area contributed by atoms with Crippen LogP contribution in [0.25, 0.3) is 0 Å². The Morgan fingerprint density at radius 1 is 1.59 bits per heavy atom. The average Bonchev–Trinajstić information content (AvgIpc) is 2.71. The maximum atomic E-state index is 11.6. The smallest absolute Gasteiger partial charge is 0.365 e. The number of carboxylic acid groups (broad SMARTS) is 1. The van der Waals surface area contributed by atoms with Gasteiger partial charge in [0.25, 0.3) is 5.56 Å². The molecule has 2 heterocycles. The summed E-state index contributed by atoms with van der Waals surface area (Å²) in [4.78, 5) is 26.2. The molecule has 0 aromatic carbocycles. The minimum atomic E-state index is -1.04. The van der Waals surface area contributed by atoms with Crippen LogP contribution in [-0.4, -0.2) is 20.6 Å². The number of carboxylic acids is 1. The van der Waals surface area contributed by atoms with E-state index >= 15 is 0 Å². The van der Waals surface area contributed by atoms with E-state index in [0.717, 1.165) is 16.9 Å². The summed E-state index contributed by atoms with van der Waals surface area (Å²) in [6.45, 7) is 2.14. The first-order chi connectivity index (χ1) is 8.06. The van der Waals surface area contributed by atoms with E-state index in [9.17, 15) is 9.59 Å². The van der Waals surface area contributed by atoms with Gasteiger partial charge in [-0.05, 0) is 18.6 Å². The van der Waals surface area contributed by atoms with Crippen LogP contribution in [0.2, 0.25) is 0 Å². The summed E-state index contributed by atoms with van der Waals surface area (Å²) in [6.07, 6.45) is 1.68. The van der Waals surface area contributed by atoms with Gasteiger partial charge in [0.2, 0.25) is 5.01 Å². The highest BCUT2D eigenvalue weighted by molar-refractivity contribution is 7.11. The number of nitrogens with zero attached hydrogens (tertiary/aromatic N) is 2. The molecule has 2 aromatic rings. The second kappa shape index (κ2) is 4.50. The van der Waals surface area contributed by atoms with Gasteiger partial charge in [-0.15, -0.1) is 11.3 Å². The van der Waals surface area contributed by atoms with Gasteiger partial charge in [-0.25, -0.2) is 9.78 Å². The van der Waals surface area contributed by atoms with Crippen molar-refractivity contribution < 1.29 is 9.90 Å². The Hall–Kier alpha value is -1.95. The minimum absolute atomic E-state index is 0.0418. The number of carbonyl (C=O) groups is 1. The van der Waals surface area contributed by atoms with Crippen molar-refractivity contribution in [3.8, 4) is 0 Å². The molecular weight excluding hydrogens is 240 g/mol. The molecule has 0 fully saturated rings. The first kappa shape index (κ1) is 11.5. The molecule has 0 bridgehead atoms. The quantitative estimate of drug-likeness (QED) is 0.892. The summed E-state index contributed by atoms with van der Waals surface area (Å²) in [7, 11) is 0. The largest absolute Gasteiger partial charge is 0.476 e. The SMILES string of the molecule is Cc1ccn(Cc2csc(C(=O)O)n2)c(=O)c1. The van der Waals surface area contributed by atoms with E-state index in [2.05, 4.69) is 4.98 Å². The average molecular weight is 250 g/mol. The standard InChI is InChI=1S/C11H10N2O3S/c1-7-2-3-13(9(14)4-7)5-8-6-17-10(12-8)11(15)16/h2-4,6H,5H2,1H3,(H,15,16). The number of aryl methyl sites for hydroxylation is 1. The van der Waals surface area contributed by atoms with Crippen LogP contribution in [0.15, 0.2) is 28.5 Å². The Labute approximate surface area is 101 Å². The summed E-state index contributed by atoms with van der Waals surface area (Å²) in [5, 5.41) is 10.4. The third-order valence-electron chi connectivity index (χ3n) is 2.22. The third kappa shape index (κ3) is 2.59. The molecule has 2 rings (SSSR count). The molecule has 0 amide bonds. The fraction of sp³-hybridized carbons (Fsp3) is 0.182. The molecule has 0 aliphatic carbocycles. The lowest BCUT2D eigenvalue weighted by Gasteiger charge is -2.02. The summed E-state index contributed by atoms with van der Waals surface area (Å²) in [5.74, 6) is -1.04. The summed E-state index contributed by atoms with van der Waals surface area (Å²) >= 11 is 1.06. The van der Waals surface area contributed by atoms with Crippen LogP contribution in [-0.2, 0) is 6.54 Å². The van der Waals surface area contributed by atoms with Crippen LogP contribution in [0.3, 0.4) is 0 Å². The lowest BCUT2D eigenvalue weighted by atomic mass is 10.3. The molecule has 2 aromatic heterocycles. The van der Waals surface area contributed by atoms with E-state index in [1.54, 1.807) is 11.6 Å². The molecule has 0 aliphatic rings. The predicted octanol–water partition coefficient (Wildman–Crippen LogP) is 1.36. The Morgan fingerprint density at radius 3 is 2.94 bits per heavy atom. The number of hydrogen-bond acceptors (Lipinski definition) is 4. The van der Waals surface area contributed by atoms with E-state index in [1.807, 2.05) is 13.0 Å². The number of pyridine rings is 1. The van der Waals surface area contributed by atoms with Crippen LogP contribution in [0.4, 0.5) is 0 Å². The highest BCUT2D eigenvalue weighted by Crippen LogP contribution is 2.10. The number of thiazole rings is 1. The molecule has 6 heteroatoms. The highest BCUT2D eigenvalue weighted by atomic mass is 32.1. The molecule has 0 atom stereocenters. The van der Waals surface area contributed by atoms with Crippen molar-refractivity contribution in [2.45, 2.75) is 13.5 Å². The van der Waals surface area contributed by atoms with Crippen molar-refractivity contribution in [1.29, 1.82) is 0 Å². The van der Waals surface area contributed by atoms with Gasteiger partial charge in [0.15, 0.2) is 0 Å².